The zero-order valence-corrected chi connectivity index (χ0v) is 25.1. The van der Waals surface area contributed by atoms with Gasteiger partial charge in [0.25, 0.3) is 0 Å². The Labute approximate surface area is 242 Å². The first-order valence-electron chi connectivity index (χ1n) is 14.2. The molecule has 0 saturated carbocycles. The van der Waals surface area contributed by atoms with Crippen molar-refractivity contribution in [2.24, 2.45) is 0 Å². The van der Waals surface area contributed by atoms with Gasteiger partial charge in [0.15, 0.2) is 5.75 Å². The van der Waals surface area contributed by atoms with E-state index in [4.69, 9.17) is 9.84 Å². The molecule has 0 fully saturated rings. The predicted molar refractivity (Wildman–Crippen MR) is 166 cm³/mol. The molecule has 1 N–H and O–H groups in total. The van der Waals surface area contributed by atoms with E-state index < -0.39 is 0 Å². The Morgan fingerprint density at radius 1 is 1.12 bits per heavy atom. The number of hydrogen-bond donors (Lipinski definition) is 1. The van der Waals surface area contributed by atoms with Crippen molar-refractivity contribution in [2.75, 3.05) is 11.4 Å². The second-order valence-corrected chi connectivity index (χ2v) is 11.3. The van der Waals surface area contributed by atoms with Gasteiger partial charge in [-0.2, -0.15) is 10.4 Å². The van der Waals surface area contributed by atoms with Crippen LogP contribution in [-0.4, -0.2) is 37.4 Å². The van der Waals surface area contributed by atoms with E-state index in [1.807, 2.05) is 26.1 Å². The molecular weight excluding hydrogens is 529 g/mol. The first kappa shape index (κ1) is 27.0. The number of rotatable bonds is 7. The highest BCUT2D eigenvalue weighted by molar-refractivity contribution is 7.28. The molecule has 2 aromatic carbocycles. The van der Waals surface area contributed by atoms with E-state index in [0.29, 0.717) is 23.8 Å². The fourth-order valence-electron chi connectivity index (χ4n) is 5.86. The molecule has 208 valence electrons. The van der Waals surface area contributed by atoms with Gasteiger partial charge in [-0.1, -0.05) is 32.0 Å². The lowest BCUT2D eigenvalue weighted by atomic mass is 9.96. The molecule has 0 spiro atoms. The van der Waals surface area contributed by atoms with Crippen LogP contribution in [0.3, 0.4) is 0 Å². The normalized spacial score (nSPS) is 13.0. The van der Waals surface area contributed by atoms with E-state index in [1.54, 1.807) is 12.4 Å². The summed E-state index contributed by atoms with van der Waals surface area (Å²) in [5, 5.41) is 17.1. The quantitative estimate of drug-likeness (QED) is 0.257. The lowest BCUT2D eigenvalue weighted by Crippen LogP contribution is -2.31. The third-order valence-corrected chi connectivity index (χ3v) is 8.17. The van der Waals surface area contributed by atoms with Gasteiger partial charge < -0.3 is 14.6 Å². The molecule has 5 aromatic rings. The third-order valence-electron chi connectivity index (χ3n) is 7.71. The lowest BCUT2D eigenvalue weighted by molar-refractivity contribution is 0.240. The zero-order chi connectivity index (χ0) is 28.7. The van der Waals surface area contributed by atoms with Gasteiger partial charge in [-0.25, -0.2) is 14.6 Å². The standard InChI is InChI=1S/C32H34N7OP/c1-5-20-8-7-9-21(6-2)30(20)39-31(28-24-10-12-34-29(24)22(15-33)14-27(28)41)25-18-38(13-11-26(25)37-39)32-35-16-23(17-36-32)40-19(3)4/h7-10,12,14,16-17,19,34H,5-6,11,13,18,41H2,1-4H3. The van der Waals surface area contributed by atoms with E-state index in [2.05, 4.69) is 78.0 Å². The van der Waals surface area contributed by atoms with E-state index >= 15 is 0 Å². The largest absolute Gasteiger partial charge is 0.488 e. The van der Waals surface area contributed by atoms with E-state index in [-0.39, 0.29) is 6.10 Å². The number of para-hydroxylation sites is 1. The zero-order valence-electron chi connectivity index (χ0n) is 23.9. The minimum absolute atomic E-state index is 0.0631. The second-order valence-electron chi connectivity index (χ2n) is 10.6. The number of ether oxygens (including phenoxy) is 1. The fourth-order valence-corrected chi connectivity index (χ4v) is 6.32. The minimum atomic E-state index is 0.0631. The van der Waals surface area contributed by atoms with E-state index in [1.165, 1.54) is 11.1 Å². The van der Waals surface area contributed by atoms with Gasteiger partial charge in [-0.15, -0.1) is 9.24 Å². The molecule has 41 heavy (non-hydrogen) atoms. The molecule has 0 saturated heterocycles. The summed E-state index contributed by atoms with van der Waals surface area (Å²) in [6.45, 7) is 9.77. The number of aromatic amines is 1. The van der Waals surface area contributed by atoms with Crippen LogP contribution in [0.5, 0.6) is 5.75 Å². The molecule has 1 aliphatic rings. The topological polar surface area (TPSA) is 95.7 Å². The monoisotopic (exact) mass is 563 g/mol. The number of nitrogens with zero attached hydrogens (tertiary/aromatic N) is 6. The summed E-state index contributed by atoms with van der Waals surface area (Å²) >= 11 is 0. The Bertz CT molecular complexity index is 1760. The molecule has 9 heteroatoms. The summed E-state index contributed by atoms with van der Waals surface area (Å²) in [7, 11) is 2.87. The molecule has 1 atom stereocenters. The van der Waals surface area contributed by atoms with Crippen LogP contribution in [0, 0.1) is 11.3 Å². The summed E-state index contributed by atoms with van der Waals surface area (Å²) in [6.07, 6.45) is 8.04. The predicted octanol–water partition coefficient (Wildman–Crippen LogP) is 5.66. The summed E-state index contributed by atoms with van der Waals surface area (Å²) < 4.78 is 7.94. The molecule has 0 amide bonds. The highest BCUT2D eigenvalue weighted by atomic mass is 31.0. The van der Waals surface area contributed by atoms with Gasteiger partial charge in [0, 0.05) is 42.2 Å². The average Bonchev–Trinajstić information content (AvgIpc) is 3.61. The Morgan fingerprint density at radius 3 is 2.51 bits per heavy atom. The Kier molecular flexibility index (Phi) is 7.23. The molecule has 1 aliphatic heterocycles. The van der Waals surface area contributed by atoms with Crippen LogP contribution in [0.1, 0.15) is 55.6 Å². The van der Waals surface area contributed by atoms with Crippen LogP contribution in [0.15, 0.2) is 48.9 Å². The molecule has 1 unspecified atom stereocenters. The second kappa shape index (κ2) is 11.0. The van der Waals surface area contributed by atoms with Crippen molar-refractivity contribution < 1.29 is 4.74 Å². The van der Waals surface area contributed by atoms with Crippen LogP contribution in [0.2, 0.25) is 0 Å². The number of aromatic nitrogens is 5. The SMILES string of the molecule is CCc1cccc(CC)c1-n1nc2c(c1-c1c(P)cc(C#N)c3[nH]ccc13)CN(c1ncc(OC(C)C)cn1)CC2. The van der Waals surface area contributed by atoms with Crippen LogP contribution in [-0.2, 0) is 25.8 Å². The minimum Gasteiger partial charge on any atom is -0.488 e. The summed E-state index contributed by atoms with van der Waals surface area (Å²) in [4.78, 5) is 14.8. The maximum atomic E-state index is 9.86. The van der Waals surface area contributed by atoms with Crippen molar-refractivity contribution in [1.82, 2.24) is 24.7 Å². The number of fused-ring (bicyclic) bond motifs is 2. The molecule has 6 rings (SSSR count). The maximum Gasteiger partial charge on any atom is 0.225 e. The van der Waals surface area contributed by atoms with Crippen molar-refractivity contribution in [3.8, 4) is 28.8 Å². The van der Waals surface area contributed by atoms with Gasteiger partial charge in [0.2, 0.25) is 5.95 Å². The van der Waals surface area contributed by atoms with Crippen LogP contribution in [0.4, 0.5) is 5.95 Å². The van der Waals surface area contributed by atoms with Crippen molar-refractivity contribution in [3.05, 3.63) is 76.9 Å². The number of aryl methyl sites for hydroxylation is 2. The molecule has 0 radical (unpaired) electrons. The number of nitriles is 1. The van der Waals surface area contributed by atoms with E-state index in [9.17, 15) is 5.26 Å². The Balaban J connectivity index is 1.57. The van der Waals surface area contributed by atoms with Crippen molar-refractivity contribution >= 4 is 31.4 Å². The third kappa shape index (κ3) is 4.75. The van der Waals surface area contributed by atoms with Gasteiger partial charge in [-0.3, -0.25) is 0 Å². The van der Waals surface area contributed by atoms with Crippen molar-refractivity contribution in [3.63, 3.8) is 0 Å². The lowest BCUT2D eigenvalue weighted by Gasteiger charge is -2.27. The number of benzene rings is 2. The summed E-state index contributed by atoms with van der Waals surface area (Å²) in [5.74, 6) is 1.34. The van der Waals surface area contributed by atoms with Crippen molar-refractivity contribution in [2.45, 2.75) is 59.6 Å². The first-order chi connectivity index (χ1) is 19.9. The summed E-state index contributed by atoms with van der Waals surface area (Å²) in [5.41, 5.74) is 9.50. The number of anilines is 1. The molecule has 8 nitrogen and oxygen atoms in total. The molecule has 3 aromatic heterocycles. The van der Waals surface area contributed by atoms with Crippen LogP contribution >= 0.6 is 9.24 Å². The fraction of sp³-hybridized carbons (Fsp3) is 0.312. The number of nitrogens with one attached hydrogen (secondary N) is 1. The molecule has 0 bridgehead atoms. The maximum absolute atomic E-state index is 9.86. The van der Waals surface area contributed by atoms with Crippen LogP contribution < -0.4 is 14.9 Å². The van der Waals surface area contributed by atoms with Gasteiger partial charge >= 0.3 is 0 Å². The Morgan fingerprint density at radius 2 is 1.85 bits per heavy atom. The highest BCUT2D eigenvalue weighted by Gasteiger charge is 2.30. The number of H-pyrrole nitrogens is 1. The molecular formula is C32H34N7OP. The average molecular weight is 564 g/mol. The first-order valence-corrected chi connectivity index (χ1v) is 14.8. The van der Waals surface area contributed by atoms with Gasteiger partial charge in [0.1, 0.15) is 6.07 Å². The van der Waals surface area contributed by atoms with Crippen molar-refractivity contribution in [1.29, 1.82) is 5.26 Å². The highest BCUT2D eigenvalue weighted by Crippen LogP contribution is 2.39. The van der Waals surface area contributed by atoms with Crippen LogP contribution in [0.25, 0.3) is 27.8 Å². The van der Waals surface area contributed by atoms with Gasteiger partial charge in [0.05, 0.1) is 46.7 Å². The smallest absolute Gasteiger partial charge is 0.225 e. The van der Waals surface area contributed by atoms with E-state index in [0.717, 1.165) is 70.2 Å². The molecule has 0 aliphatic carbocycles. The Hall–Kier alpha value is -4.21. The molecule has 4 heterocycles. The van der Waals surface area contributed by atoms with Gasteiger partial charge in [-0.05, 0) is 55.3 Å². The number of hydrogen-bond acceptors (Lipinski definition) is 6. The summed E-state index contributed by atoms with van der Waals surface area (Å²) in [6, 6.07) is 12.9.